The van der Waals surface area contributed by atoms with E-state index < -0.39 is 0 Å². The van der Waals surface area contributed by atoms with Gasteiger partial charge < -0.3 is 0 Å². The highest BCUT2D eigenvalue weighted by Crippen LogP contribution is 2.63. The zero-order valence-electron chi connectivity index (χ0n) is 14.9. The number of rotatable bonds is 5. The first-order valence-electron chi connectivity index (χ1n) is 9.65. The van der Waals surface area contributed by atoms with Gasteiger partial charge >= 0.3 is 0 Å². The largest absolute Gasteiger partial charge is 0.0938 e. The van der Waals surface area contributed by atoms with E-state index in [-0.39, 0.29) is 0 Å². The summed E-state index contributed by atoms with van der Waals surface area (Å²) in [6, 6.07) is 0. The van der Waals surface area contributed by atoms with E-state index in [4.69, 9.17) is 0 Å². The van der Waals surface area contributed by atoms with E-state index in [0.29, 0.717) is 10.8 Å². The van der Waals surface area contributed by atoms with Crippen molar-refractivity contribution in [2.45, 2.75) is 66.2 Å². The lowest BCUT2D eigenvalue weighted by atomic mass is 9.46. The predicted molar refractivity (Wildman–Crippen MR) is 101 cm³/mol. The molecular formula is C20H34S2. The Morgan fingerprint density at radius 2 is 1.09 bits per heavy atom. The number of hydrogen-bond donors (Lipinski definition) is 0. The molecule has 0 unspecified atom stereocenters. The molecule has 0 aromatic heterocycles. The SMILES string of the molecule is CC1(C)[C@H]2CC[C@@H](CSSC[C@@H]3CC[C@H]4C[C@@H]3C4(C)C)[C@@H]1C2. The second-order valence-electron chi connectivity index (χ2n) is 9.96. The van der Waals surface area contributed by atoms with Crippen LogP contribution in [0.5, 0.6) is 0 Å². The van der Waals surface area contributed by atoms with E-state index in [1.165, 1.54) is 37.2 Å². The Bertz CT molecular complexity index is 383. The Morgan fingerprint density at radius 3 is 1.41 bits per heavy atom. The highest BCUT2D eigenvalue weighted by atomic mass is 33.1. The van der Waals surface area contributed by atoms with Crippen LogP contribution < -0.4 is 0 Å². The molecule has 0 heterocycles. The molecule has 0 spiro atoms. The summed E-state index contributed by atoms with van der Waals surface area (Å²) in [6.45, 7) is 10.1. The first-order valence-corrected chi connectivity index (χ1v) is 12.1. The number of fused-ring (bicyclic) bond motifs is 4. The van der Waals surface area contributed by atoms with Gasteiger partial charge in [-0.15, -0.1) is 0 Å². The van der Waals surface area contributed by atoms with Crippen molar-refractivity contribution >= 4 is 21.6 Å². The zero-order valence-corrected chi connectivity index (χ0v) is 16.6. The smallest absolute Gasteiger partial charge is 0.00681 e. The molecule has 126 valence electrons. The van der Waals surface area contributed by atoms with Crippen LogP contribution in [0.1, 0.15) is 66.2 Å². The van der Waals surface area contributed by atoms with E-state index in [9.17, 15) is 0 Å². The molecule has 0 N–H and O–H groups in total. The molecule has 6 rings (SSSR count). The number of hydrogen-bond acceptors (Lipinski definition) is 2. The summed E-state index contributed by atoms with van der Waals surface area (Å²) < 4.78 is 0. The normalized spacial score (nSPS) is 47.5. The fourth-order valence-electron chi connectivity index (χ4n) is 6.60. The van der Waals surface area contributed by atoms with Crippen LogP contribution in [0.4, 0.5) is 0 Å². The van der Waals surface area contributed by atoms with Crippen molar-refractivity contribution in [1.82, 2.24) is 0 Å². The Kier molecular flexibility index (Phi) is 4.13. The lowest BCUT2D eigenvalue weighted by molar-refractivity contribution is -0.0975. The lowest BCUT2D eigenvalue weighted by Gasteiger charge is -2.60. The maximum atomic E-state index is 2.53. The van der Waals surface area contributed by atoms with Crippen LogP contribution >= 0.6 is 21.6 Å². The van der Waals surface area contributed by atoms with Gasteiger partial charge in [0.2, 0.25) is 0 Å². The summed E-state index contributed by atoms with van der Waals surface area (Å²) in [5.74, 6) is 9.09. The van der Waals surface area contributed by atoms with Gasteiger partial charge in [-0.25, -0.2) is 0 Å². The zero-order chi connectivity index (χ0) is 15.5. The van der Waals surface area contributed by atoms with E-state index in [2.05, 4.69) is 49.3 Å². The van der Waals surface area contributed by atoms with Crippen molar-refractivity contribution in [3.63, 3.8) is 0 Å². The average Bonchev–Trinajstić information content (AvgIpc) is 2.51. The van der Waals surface area contributed by atoms with Crippen molar-refractivity contribution in [3.8, 4) is 0 Å². The quantitative estimate of drug-likeness (QED) is 0.414. The summed E-state index contributed by atoms with van der Waals surface area (Å²) in [6.07, 6.45) is 9.16. The van der Waals surface area contributed by atoms with Crippen LogP contribution in [0, 0.1) is 46.3 Å². The van der Waals surface area contributed by atoms with E-state index >= 15 is 0 Å². The van der Waals surface area contributed by atoms with E-state index in [1.54, 1.807) is 12.8 Å². The summed E-state index contributed by atoms with van der Waals surface area (Å²) in [7, 11) is 4.44. The Morgan fingerprint density at radius 1 is 0.682 bits per heavy atom. The summed E-state index contributed by atoms with van der Waals surface area (Å²) >= 11 is 0. The maximum Gasteiger partial charge on any atom is 0.00681 e. The van der Waals surface area contributed by atoms with Crippen LogP contribution in [0.25, 0.3) is 0 Å². The average molecular weight is 339 g/mol. The van der Waals surface area contributed by atoms with Gasteiger partial charge in [-0.1, -0.05) is 49.3 Å². The molecule has 0 amide bonds. The molecule has 0 nitrogen and oxygen atoms in total. The molecule has 6 aliphatic rings. The van der Waals surface area contributed by atoms with Gasteiger partial charge in [0.05, 0.1) is 0 Å². The topological polar surface area (TPSA) is 0 Å². The molecule has 22 heavy (non-hydrogen) atoms. The molecule has 6 saturated carbocycles. The van der Waals surface area contributed by atoms with Crippen molar-refractivity contribution in [2.75, 3.05) is 11.5 Å². The van der Waals surface area contributed by atoms with Gasteiger partial charge in [0, 0.05) is 11.5 Å². The molecule has 6 aliphatic carbocycles. The maximum absolute atomic E-state index is 2.53. The van der Waals surface area contributed by atoms with E-state index in [0.717, 1.165) is 35.5 Å². The second-order valence-corrected chi connectivity index (χ2v) is 12.5. The Balaban J connectivity index is 1.20. The van der Waals surface area contributed by atoms with Crippen molar-refractivity contribution < 1.29 is 0 Å². The van der Waals surface area contributed by atoms with Crippen LogP contribution in [-0.4, -0.2) is 11.5 Å². The lowest BCUT2D eigenvalue weighted by Crippen LogP contribution is -2.53. The first kappa shape index (κ1) is 16.2. The predicted octanol–water partition coefficient (Wildman–Crippen LogP) is 6.51. The van der Waals surface area contributed by atoms with Crippen molar-refractivity contribution in [3.05, 3.63) is 0 Å². The van der Waals surface area contributed by atoms with Gasteiger partial charge in [-0.05, 0) is 84.9 Å². The standard InChI is InChI=1S/C20H34S2/c1-19(2)15-7-5-13(17(19)9-15)11-21-22-12-14-6-8-16-10-18(14)20(16,3)4/h13-18H,5-12H2,1-4H3/t13-,14-,15-,16-,17-,18-/m0/s1. The summed E-state index contributed by atoms with van der Waals surface area (Å²) in [5.41, 5.74) is 1.34. The van der Waals surface area contributed by atoms with Crippen LogP contribution in [0.2, 0.25) is 0 Å². The molecule has 6 atom stereocenters. The molecule has 4 bridgehead atoms. The van der Waals surface area contributed by atoms with Crippen molar-refractivity contribution in [2.24, 2.45) is 46.3 Å². The fourth-order valence-corrected chi connectivity index (χ4v) is 9.56. The van der Waals surface area contributed by atoms with Gasteiger partial charge in [-0.3, -0.25) is 0 Å². The van der Waals surface area contributed by atoms with Gasteiger partial charge in [0.1, 0.15) is 0 Å². The third-order valence-corrected chi connectivity index (χ3v) is 11.3. The molecule has 6 fully saturated rings. The highest BCUT2D eigenvalue weighted by Gasteiger charge is 2.55. The molecule has 2 heteroatoms. The van der Waals surface area contributed by atoms with Crippen molar-refractivity contribution in [1.29, 1.82) is 0 Å². The first-order chi connectivity index (χ1) is 10.4. The minimum Gasteiger partial charge on any atom is -0.0938 e. The van der Waals surface area contributed by atoms with Crippen LogP contribution in [0.3, 0.4) is 0 Å². The molecule has 0 aliphatic heterocycles. The summed E-state index contributed by atoms with van der Waals surface area (Å²) in [4.78, 5) is 0. The Hall–Kier alpha value is 0.700. The molecule has 0 radical (unpaired) electrons. The summed E-state index contributed by atoms with van der Waals surface area (Å²) in [5, 5.41) is 0. The minimum absolute atomic E-state index is 0.669. The van der Waals surface area contributed by atoms with Gasteiger partial charge in [0.15, 0.2) is 0 Å². The van der Waals surface area contributed by atoms with Crippen LogP contribution in [0.15, 0.2) is 0 Å². The second kappa shape index (κ2) is 5.61. The molecule has 0 aromatic rings. The molecular weight excluding hydrogens is 304 g/mol. The molecule has 0 saturated heterocycles. The Labute approximate surface area is 145 Å². The van der Waals surface area contributed by atoms with E-state index in [1.807, 2.05) is 0 Å². The van der Waals surface area contributed by atoms with Crippen LogP contribution in [-0.2, 0) is 0 Å². The fraction of sp³-hybridized carbons (Fsp3) is 1.00. The van der Waals surface area contributed by atoms with Gasteiger partial charge in [0.25, 0.3) is 0 Å². The highest BCUT2D eigenvalue weighted by molar-refractivity contribution is 8.76. The molecule has 0 aromatic carbocycles. The van der Waals surface area contributed by atoms with Gasteiger partial charge in [-0.2, -0.15) is 0 Å². The third kappa shape index (κ3) is 2.41. The monoisotopic (exact) mass is 338 g/mol. The third-order valence-electron chi connectivity index (χ3n) is 8.65. The minimum atomic E-state index is 0.669.